The summed E-state index contributed by atoms with van der Waals surface area (Å²) in [5.74, 6) is 1.40. The molecule has 182 valence electrons. The fourth-order valence-corrected chi connectivity index (χ4v) is 4.64. The van der Waals surface area contributed by atoms with Crippen molar-refractivity contribution in [1.29, 1.82) is 0 Å². The molecule has 0 aliphatic heterocycles. The Kier molecular flexibility index (Phi) is 6.97. The predicted molar refractivity (Wildman–Crippen MR) is 142 cm³/mol. The number of rotatable bonds is 7. The molecule has 1 aromatic heterocycles. The molecule has 0 saturated carbocycles. The second-order valence-electron chi connectivity index (χ2n) is 9.63. The van der Waals surface area contributed by atoms with Crippen LogP contribution in [0.5, 0.6) is 5.75 Å². The zero-order valence-electron chi connectivity index (χ0n) is 21.8. The average Bonchev–Trinajstić information content (AvgIpc) is 3.19. The minimum atomic E-state index is -0.274. The SMILES string of the molecule is Cc1ccc(C)c(OCC(=O)NC(C)c2nc3ccccc3n2Cc2c(C)c(C)cc(C)c2C)c1. The third-order valence-electron chi connectivity index (χ3n) is 6.99. The first-order chi connectivity index (χ1) is 16.7. The Balaban J connectivity index is 1.60. The molecule has 3 aromatic carbocycles. The van der Waals surface area contributed by atoms with Crippen molar-refractivity contribution in [3.05, 3.63) is 93.3 Å². The predicted octanol–water partition coefficient (Wildman–Crippen LogP) is 6.19. The van der Waals surface area contributed by atoms with Crippen LogP contribution in [0.1, 0.15) is 57.7 Å². The highest BCUT2D eigenvalue weighted by Gasteiger charge is 2.20. The van der Waals surface area contributed by atoms with Crippen molar-refractivity contribution in [2.45, 2.75) is 61.1 Å². The van der Waals surface area contributed by atoms with E-state index in [2.05, 4.69) is 49.7 Å². The number of amides is 1. The summed E-state index contributed by atoms with van der Waals surface area (Å²) in [6.07, 6.45) is 0. The van der Waals surface area contributed by atoms with Crippen LogP contribution in [0, 0.1) is 41.5 Å². The number of imidazole rings is 1. The summed E-state index contributed by atoms with van der Waals surface area (Å²) in [6, 6.07) is 16.1. The van der Waals surface area contributed by atoms with E-state index in [4.69, 9.17) is 9.72 Å². The van der Waals surface area contributed by atoms with Crippen molar-refractivity contribution in [2.24, 2.45) is 0 Å². The van der Waals surface area contributed by atoms with E-state index in [0.717, 1.165) is 33.7 Å². The van der Waals surface area contributed by atoms with Crippen LogP contribution in [-0.4, -0.2) is 22.1 Å². The summed E-state index contributed by atoms with van der Waals surface area (Å²) in [5, 5.41) is 3.09. The Hall–Kier alpha value is -3.60. The molecule has 0 bridgehead atoms. The van der Waals surface area contributed by atoms with Gasteiger partial charge in [0.15, 0.2) is 6.61 Å². The van der Waals surface area contributed by atoms with E-state index in [1.54, 1.807) is 0 Å². The van der Waals surface area contributed by atoms with Gasteiger partial charge in [0.05, 0.1) is 17.1 Å². The normalized spacial score (nSPS) is 12.1. The molecule has 0 aliphatic rings. The van der Waals surface area contributed by atoms with Crippen molar-refractivity contribution in [2.75, 3.05) is 6.61 Å². The van der Waals surface area contributed by atoms with Gasteiger partial charge in [-0.05, 0) is 106 Å². The number of nitrogens with one attached hydrogen (secondary N) is 1. The second-order valence-corrected chi connectivity index (χ2v) is 9.63. The van der Waals surface area contributed by atoms with E-state index in [-0.39, 0.29) is 18.6 Å². The Morgan fingerprint density at radius 2 is 1.63 bits per heavy atom. The monoisotopic (exact) mass is 469 g/mol. The fourth-order valence-electron chi connectivity index (χ4n) is 4.64. The zero-order chi connectivity index (χ0) is 25.3. The summed E-state index contributed by atoms with van der Waals surface area (Å²) in [5.41, 5.74) is 10.6. The van der Waals surface area contributed by atoms with E-state index in [0.29, 0.717) is 6.54 Å². The first kappa shape index (κ1) is 24.5. The number of ether oxygens (including phenoxy) is 1. The maximum Gasteiger partial charge on any atom is 0.258 e. The number of fused-ring (bicyclic) bond motifs is 1. The smallest absolute Gasteiger partial charge is 0.258 e. The Morgan fingerprint density at radius 1 is 0.943 bits per heavy atom. The summed E-state index contributed by atoms with van der Waals surface area (Å²) in [7, 11) is 0. The molecule has 0 saturated heterocycles. The molecule has 0 aliphatic carbocycles. The number of nitrogens with zero attached hydrogens (tertiary/aromatic N) is 2. The van der Waals surface area contributed by atoms with Gasteiger partial charge in [0.25, 0.3) is 5.91 Å². The van der Waals surface area contributed by atoms with Crippen molar-refractivity contribution in [1.82, 2.24) is 14.9 Å². The van der Waals surface area contributed by atoms with Crippen LogP contribution in [-0.2, 0) is 11.3 Å². The van der Waals surface area contributed by atoms with E-state index in [9.17, 15) is 4.79 Å². The van der Waals surface area contributed by atoms with E-state index >= 15 is 0 Å². The Labute approximate surface area is 208 Å². The quantitative estimate of drug-likeness (QED) is 0.351. The zero-order valence-corrected chi connectivity index (χ0v) is 21.8. The van der Waals surface area contributed by atoms with Gasteiger partial charge >= 0.3 is 0 Å². The van der Waals surface area contributed by atoms with Gasteiger partial charge in [-0.15, -0.1) is 0 Å². The van der Waals surface area contributed by atoms with E-state index < -0.39 is 0 Å². The summed E-state index contributed by atoms with van der Waals surface area (Å²) in [4.78, 5) is 17.7. The van der Waals surface area contributed by atoms with Gasteiger partial charge in [0.2, 0.25) is 0 Å². The van der Waals surface area contributed by atoms with Gasteiger partial charge in [-0.25, -0.2) is 4.98 Å². The maximum atomic E-state index is 12.8. The van der Waals surface area contributed by atoms with Crippen molar-refractivity contribution in [3.8, 4) is 5.75 Å². The van der Waals surface area contributed by atoms with E-state index in [1.165, 1.54) is 27.8 Å². The number of para-hydroxylation sites is 2. The lowest BCUT2D eigenvalue weighted by Gasteiger charge is -2.20. The van der Waals surface area contributed by atoms with Gasteiger partial charge in [-0.2, -0.15) is 0 Å². The first-order valence-corrected chi connectivity index (χ1v) is 12.2. The van der Waals surface area contributed by atoms with E-state index in [1.807, 2.05) is 57.2 Å². The number of benzene rings is 3. The van der Waals surface area contributed by atoms with Gasteiger partial charge in [-0.3, -0.25) is 4.79 Å². The van der Waals surface area contributed by atoms with Gasteiger partial charge in [0.1, 0.15) is 11.6 Å². The molecule has 35 heavy (non-hydrogen) atoms. The second kappa shape index (κ2) is 9.95. The number of hydrogen-bond acceptors (Lipinski definition) is 3. The highest BCUT2D eigenvalue weighted by Crippen LogP contribution is 2.27. The topological polar surface area (TPSA) is 56.1 Å². The minimum absolute atomic E-state index is 0.0375. The van der Waals surface area contributed by atoms with Gasteiger partial charge in [0, 0.05) is 6.54 Å². The molecular weight excluding hydrogens is 434 g/mol. The number of aromatic nitrogens is 2. The standard InChI is InChI=1S/C30H35N3O2/c1-18-12-13-19(2)28(14-18)35-17-29(34)31-24(7)30-32-26-10-8-9-11-27(26)33(30)16-25-22(5)20(3)15-21(4)23(25)6/h8-15,24H,16-17H2,1-7H3,(H,31,34). The molecule has 0 spiro atoms. The van der Waals surface area contributed by atoms with Crippen LogP contribution < -0.4 is 10.1 Å². The fraction of sp³-hybridized carbons (Fsp3) is 0.333. The molecule has 1 amide bonds. The molecule has 4 aromatic rings. The lowest BCUT2D eigenvalue weighted by molar-refractivity contribution is -0.123. The third kappa shape index (κ3) is 5.09. The van der Waals surface area contributed by atoms with Crippen LogP contribution in [0.2, 0.25) is 0 Å². The Bertz CT molecular complexity index is 1370. The van der Waals surface area contributed by atoms with Crippen molar-refractivity contribution >= 4 is 16.9 Å². The number of hydrogen-bond donors (Lipinski definition) is 1. The third-order valence-corrected chi connectivity index (χ3v) is 6.99. The molecule has 0 radical (unpaired) electrons. The highest BCUT2D eigenvalue weighted by atomic mass is 16.5. The molecule has 5 heteroatoms. The van der Waals surface area contributed by atoms with Crippen LogP contribution in [0.4, 0.5) is 0 Å². The van der Waals surface area contributed by atoms with Crippen molar-refractivity contribution < 1.29 is 9.53 Å². The molecule has 0 fully saturated rings. The first-order valence-electron chi connectivity index (χ1n) is 12.2. The molecular formula is C30H35N3O2. The summed E-state index contributed by atoms with van der Waals surface area (Å²) < 4.78 is 8.06. The molecule has 1 unspecified atom stereocenters. The molecule has 1 heterocycles. The largest absolute Gasteiger partial charge is 0.483 e. The number of carbonyl (C=O) groups excluding carboxylic acids is 1. The highest BCUT2D eigenvalue weighted by molar-refractivity contribution is 5.79. The van der Waals surface area contributed by atoms with Gasteiger partial charge < -0.3 is 14.6 Å². The van der Waals surface area contributed by atoms with Crippen LogP contribution in [0.3, 0.4) is 0 Å². The van der Waals surface area contributed by atoms with Crippen molar-refractivity contribution in [3.63, 3.8) is 0 Å². The maximum absolute atomic E-state index is 12.8. The summed E-state index contributed by atoms with van der Waals surface area (Å²) in [6.45, 7) is 15.3. The molecule has 1 N–H and O–H groups in total. The van der Waals surface area contributed by atoms with Crippen LogP contribution >= 0.6 is 0 Å². The lowest BCUT2D eigenvalue weighted by Crippen LogP contribution is -2.33. The number of carbonyl (C=O) groups is 1. The van der Waals surface area contributed by atoms with Gasteiger partial charge in [-0.1, -0.05) is 30.3 Å². The molecule has 5 nitrogen and oxygen atoms in total. The molecule has 4 rings (SSSR count). The number of aryl methyl sites for hydroxylation is 4. The Morgan fingerprint density at radius 3 is 2.34 bits per heavy atom. The van der Waals surface area contributed by atoms with Crippen LogP contribution in [0.15, 0.2) is 48.5 Å². The molecule has 1 atom stereocenters. The summed E-state index contributed by atoms with van der Waals surface area (Å²) >= 11 is 0. The minimum Gasteiger partial charge on any atom is -0.483 e. The lowest BCUT2D eigenvalue weighted by atomic mass is 9.94. The van der Waals surface area contributed by atoms with Crippen LogP contribution in [0.25, 0.3) is 11.0 Å². The average molecular weight is 470 g/mol.